The third-order valence-electron chi connectivity index (χ3n) is 5.00. The minimum Gasteiger partial charge on any atom is -0.372 e. The van der Waals surface area contributed by atoms with E-state index < -0.39 is 0 Å². The molecule has 0 aliphatic carbocycles. The highest BCUT2D eigenvalue weighted by atomic mass is 16.5. The molecule has 2 aliphatic heterocycles. The third-order valence-corrected chi connectivity index (χ3v) is 5.00. The number of carbonyl (C=O) groups is 3. The van der Waals surface area contributed by atoms with Gasteiger partial charge in [0, 0.05) is 44.9 Å². The zero-order valence-electron chi connectivity index (χ0n) is 15.1. The Kier molecular flexibility index (Phi) is 5.08. The molecular formula is C19H23N3O4. The van der Waals surface area contributed by atoms with E-state index in [0.717, 1.165) is 0 Å². The molecule has 0 spiro atoms. The van der Waals surface area contributed by atoms with Crippen molar-refractivity contribution in [1.82, 2.24) is 9.80 Å². The summed E-state index contributed by atoms with van der Waals surface area (Å²) in [7, 11) is 1.65. The van der Waals surface area contributed by atoms with E-state index in [1.807, 2.05) is 0 Å². The van der Waals surface area contributed by atoms with Gasteiger partial charge in [-0.05, 0) is 30.3 Å². The van der Waals surface area contributed by atoms with Crippen molar-refractivity contribution in [3.05, 3.63) is 42.5 Å². The molecule has 1 aromatic rings. The van der Waals surface area contributed by atoms with E-state index in [0.29, 0.717) is 37.5 Å². The molecule has 2 heterocycles. The number of amides is 3. The molecule has 2 atom stereocenters. The van der Waals surface area contributed by atoms with E-state index in [1.54, 1.807) is 48.0 Å². The quantitative estimate of drug-likeness (QED) is 0.754. The van der Waals surface area contributed by atoms with Crippen molar-refractivity contribution < 1.29 is 19.1 Å². The standard InChI is InChI=1S/C19H23N3O4/c1-4-18(24)20(3)15-7-5-14(6-8-15)19(25)21-11-16-17(12-21)26-10-9-22(16)13(2)23/h4-8,16-17H,1,9-12H2,2-3H3. The van der Waals surface area contributed by atoms with Crippen molar-refractivity contribution in [2.75, 3.05) is 38.2 Å². The van der Waals surface area contributed by atoms with E-state index in [-0.39, 0.29) is 29.9 Å². The Balaban J connectivity index is 1.71. The van der Waals surface area contributed by atoms with Gasteiger partial charge in [-0.3, -0.25) is 14.4 Å². The smallest absolute Gasteiger partial charge is 0.254 e. The molecule has 0 N–H and O–H groups in total. The summed E-state index contributed by atoms with van der Waals surface area (Å²) in [4.78, 5) is 41.2. The molecule has 0 bridgehead atoms. The summed E-state index contributed by atoms with van der Waals surface area (Å²) in [6, 6.07) is 6.79. The van der Waals surface area contributed by atoms with Gasteiger partial charge < -0.3 is 19.4 Å². The first-order chi connectivity index (χ1) is 12.4. The first-order valence-corrected chi connectivity index (χ1v) is 8.60. The van der Waals surface area contributed by atoms with Gasteiger partial charge >= 0.3 is 0 Å². The van der Waals surface area contributed by atoms with Crippen molar-refractivity contribution in [2.45, 2.75) is 19.1 Å². The number of carbonyl (C=O) groups excluding carboxylic acids is 3. The molecule has 0 radical (unpaired) electrons. The normalized spacial score (nSPS) is 21.9. The predicted octanol–water partition coefficient (Wildman–Crippen LogP) is 0.907. The van der Waals surface area contributed by atoms with Crippen LogP contribution in [0.1, 0.15) is 17.3 Å². The van der Waals surface area contributed by atoms with Crippen molar-refractivity contribution in [3.63, 3.8) is 0 Å². The molecule has 0 saturated carbocycles. The van der Waals surface area contributed by atoms with Gasteiger partial charge in [-0.2, -0.15) is 0 Å². The van der Waals surface area contributed by atoms with Crippen LogP contribution < -0.4 is 4.90 Å². The van der Waals surface area contributed by atoms with Gasteiger partial charge in [-0.15, -0.1) is 0 Å². The Morgan fingerprint density at radius 2 is 1.92 bits per heavy atom. The lowest BCUT2D eigenvalue weighted by Gasteiger charge is -2.35. The van der Waals surface area contributed by atoms with Gasteiger partial charge in [-0.1, -0.05) is 6.58 Å². The lowest BCUT2D eigenvalue weighted by Crippen LogP contribution is -2.52. The molecule has 2 saturated heterocycles. The second kappa shape index (κ2) is 7.29. The molecule has 3 rings (SSSR count). The molecule has 2 unspecified atom stereocenters. The molecule has 7 nitrogen and oxygen atoms in total. The second-order valence-electron chi connectivity index (χ2n) is 6.55. The maximum absolute atomic E-state index is 12.8. The molecule has 26 heavy (non-hydrogen) atoms. The van der Waals surface area contributed by atoms with Gasteiger partial charge in [0.05, 0.1) is 18.8 Å². The van der Waals surface area contributed by atoms with E-state index in [4.69, 9.17) is 4.74 Å². The van der Waals surface area contributed by atoms with Gasteiger partial charge in [0.15, 0.2) is 0 Å². The SMILES string of the molecule is C=CC(=O)N(C)c1ccc(C(=O)N2CC3OCCN(C(C)=O)C3C2)cc1. The van der Waals surface area contributed by atoms with Gasteiger partial charge in [0.2, 0.25) is 11.8 Å². The van der Waals surface area contributed by atoms with Gasteiger partial charge in [-0.25, -0.2) is 0 Å². The van der Waals surface area contributed by atoms with E-state index >= 15 is 0 Å². The Bertz CT molecular complexity index is 731. The zero-order chi connectivity index (χ0) is 18.8. The summed E-state index contributed by atoms with van der Waals surface area (Å²) >= 11 is 0. The summed E-state index contributed by atoms with van der Waals surface area (Å²) in [6.07, 6.45) is 1.11. The lowest BCUT2D eigenvalue weighted by molar-refractivity contribution is -0.140. The fourth-order valence-electron chi connectivity index (χ4n) is 3.52. The molecule has 1 aromatic carbocycles. The van der Waals surface area contributed by atoms with Crippen LogP contribution in [0.2, 0.25) is 0 Å². The number of likely N-dealkylation sites (N-methyl/N-ethyl adjacent to an activating group) is 1. The first kappa shape index (κ1) is 18.1. The molecule has 138 valence electrons. The molecular weight excluding hydrogens is 334 g/mol. The van der Waals surface area contributed by atoms with Crippen molar-refractivity contribution >= 4 is 23.4 Å². The van der Waals surface area contributed by atoms with Crippen LogP contribution in [-0.4, -0.2) is 73.0 Å². The summed E-state index contributed by atoms with van der Waals surface area (Å²) in [6.45, 7) is 7.03. The monoisotopic (exact) mass is 357 g/mol. The summed E-state index contributed by atoms with van der Waals surface area (Å²) in [5.41, 5.74) is 1.23. The van der Waals surface area contributed by atoms with E-state index in [9.17, 15) is 14.4 Å². The van der Waals surface area contributed by atoms with E-state index in [2.05, 4.69) is 6.58 Å². The van der Waals surface area contributed by atoms with Gasteiger partial charge in [0.1, 0.15) is 0 Å². The number of morpholine rings is 1. The number of anilines is 1. The molecule has 2 aliphatic rings. The number of fused-ring (bicyclic) bond motifs is 1. The summed E-state index contributed by atoms with van der Waals surface area (Å²) < 4.78 is 5.75. The lowest BCUT2D eigenvalue weighted by atomic mass is 10.1. The van der Waals surface area contributed by atoms with Crippen LogP contribution in [0.15, 0.2) is 36.9 Å². The molecule has 2 fully saturated rings. The highest BCUT2D eigenvalue weighted by Crippen LogP contribution is 2.25. The number of hydrogen-bond donors (Lipinski definition) is 0. The topological polar surface area (TPSA) is 70.2 Å². The molecule has 3 amide bonds. The van der Waals surface area contributed by atoms with Crippen LogP contribution >= 0.6 is 0 Å². The average molecular weight is 357 g/mol. The minimum absolute atomic E-state index is 0.0110. The fraction of sp³-hybridized carbons (Fsp3) is 0.421. The van der Waals surface area contributed by atoms with Crippen LogP contribution in [0.5, 0.6) is 0 Å². The van der Waals surface area contributed by atoms with Crippen LogP contribution in [0.25, 0.3) is 0 Å². The van der Waals surface area contributed by atoms with Crippen LogP contribution in [-0.2, 0) is 14.3 Å². The Morgan fingerprint density at radius 1 is 1.23 bits per heavy atom. The number of likely N-dealkylation sites (tertiary alicyclic amines) is 1. The minimum atomic E-state index is -0.214. The van der Waals surface area contributed by atoms with Crippen molar-refractivity contribution in [1.29, 1.82) is 0 Å². The average Bonchev–Trinajstić information content (AvgIpc) is 3.10. The van der Waals surface area contributed by atoms with Gasteiger partial charge in [0.25, 0.3) is 5.91 Å². The number of ether oxygens (including phenoxy) is 1. The number of nitrogens with zero attached hydrogens (tertiary/aromatic N) is 3. The van der Waals surface area contributed by atoms with Crippen LogP contribution in [0.3, 0.4) is 0 Å². The summed E-state index contributed by atoms with van der Waals surface area (Å²) in [5.74, 6) is -0.304. The second-order valence-corrected chi connectivity index (χ2v) is 6.55. The highest BCUT2D eigenvalue weighted by molar-refractivity contribution is 6.01. The Labute approximate surface area is 152 Å². The van der Waals surface area contributed by atoms with Crippen molar-refractivity contribution in [2.24, 2.45) is 0 Å². The number of rotatable bonds is 3. The maximum Gasteiger partial charge on any atom is 0.254 e. The Morgan fingerprint density at radius 3 is 2.54 bits per heavy atom. The largest absolute Gasteiger partial charge is 0.372 e. The number of hydrogen-bond acceptors (Lipinski definition) is 4. The summed E-state index contributed by atoms with van der Waals surface area (Å²) in [5, 5.41) is 0. The van der Waals surface area contributed by atoms with E-state index in [1.165, 1.54) is 11.0 Å². The number of benzene rings is 1. The molecule has 0 aromatic heterocycles. The third kappa shape index (κ3) is 3.35. The Hall–Kier alpha value is -2.67. The highest BCUT2D eigenvalue weighted by Gasteiger charge is 2.42. The molecule has 7 heteroatoms. The fourth-order valence-corrected chi connectivity index (χ4v) is 3.52. The van der Waals surface area contributed by atoms with Crippen LogP contribution in [0, 0.1) is 0 Å². The van der Waals surface area contributed by atoms with Crippen molar-refractivity contribution in [3.8, 4) is 0 Å². The maximum atomic E-state index is 12.8. The zero-order valence-corrected chi connectivity index (χ0v) is 15.1. The van der Waals surface area contributed by atoms with Crippen LogP contribution in [0.4, 0.5) is 5.69 Å². The first-order valence-electron chi connectivity index (χ1n) is 8.60. The predicted molar refractivity (Wildman–Crippen MR) is 96.9 cm³/mol.